The third kappa shape index (κ3) is 3.19. The number of hydrogen-bond acceptors (Lipinski definition) is 5. The predicted octanol–water partition coefficient (Wildman–Crippen LogP) is 2.20. The van der Waals surface area contributed by atoms with Gasteiger partial charge >= 0.3 is 0 Å². The smallest absolute Gasteiger partial charge is 0.243 e. The molecule has 0 saturated carbocycles. The molecular weight excluding hydrogens is 357 g/mol. The quantitative estimate of drug-likeness (QED) is 0.827. The summed E-state index contributed by atoms with van der Waals surface area (Å²) < 4.78 is 44.7. The summed E-state index contributed by atoms with van der Waals surface area (Å²) in [5.41, 5.74) is 0.411. The Kier molecular flexibility index (Phi) is 4.41. The van der Waals surface area contributed by atoms with Crippen molar-refractivity contribution < 1.29 is 17.5 Å². The molecule has 0 radical (unpaired) electrons. The van der Waals surface area contributed by atoms with Crippen molar-refractivity contribution in [3.63, 3.8) is 0 Å². The van der Waals surface area contributed by atoms with Crippen LogP contribution < -0.4 is 4.74 Å². The monoisotopic (exact) mass is 367 g/mol. The molecule has 124 valence electrons. The van der Waals surface area contributed by atoms with E-state index in [1.165, 1.54) is 16.6 Å². The standard InChI is InChI=1S/C15H11ClFN3O3S/c16-13-5-12(2-3-14(13)17)24(21,22)20-8-11(9-20)23-15-4-1-10(6-18)7-19-15/h1-5,7,11H,8-9H2. The van der Waals surface area contributed by atoms with Gasteiger partial charge in [0.25, 0.3) is 0 Å². The highest BCUT2D eigenvalue weighted by atomic mass is 35.5. The second kappa shape index (κ2) is 6.36. The van der Waals surface area contributed by atoms with E-state index in [9.17, 15) is 12.8 Å². The largest absolute Gasteiger partial charge is 0.472 e. The molecule has 0 amide bonds. The number of aromatic nitrogens is 1. The molecule has 2 heterocycles. The second-order valence-electron chi connectivity index (χ2n) is 5.13. The molecule has 2 aromatic rings. The van der Waals surface area contributed by atoms with E-state index in [1.807, 2.05) is 6.07 Å². The molecular formula is C15H11ClFN3O3S. The Balaban J connectivity index is 1.64. The molecule has 3 rings (SSSR count). The maximum atomic E-state index is 13.2. The summed E-state index contributed by atoms with van der Waals surface area (Å²) in [6.45, 7) is 0.304. The highest BCUT2D eigenvalue weighted by Crippen LogP contribution is 2.26. The maximum absolute atomic E-state index is 13.2. The van der Waals surface area contributed by atoms with Crippen LogP contribution in [0.2, 0.25) is 5.02 Å². The molecule has 0 spiro atoms. The molecule has 1 saturated heterocycles. The molecule has 9 heteroatoms. The number of pyridine rings is 1. The van der Waals surface area contributed by atoms with Crippen molar-refractivity contribution in [2.24, 2.45) is 0 Å². The van der Waals surface area contributed by atoms with Crippen LogP contribution in [0.4, 0.5) is 4.39 Å². The number of sulfonamides is 1. The van der Waals surface area contributed by atoms with E-state index in [1.54, 1.807) is 12.1 Å². The lowest BCUT2D eigenvalue weighted by atomic mass is 10.2. The van der Waals surface area contributed by atoms with Crippen molar-refractivity contribution in [2.75, 3.05) is 13.1 Å². The Bertz CT molecular complexity index is 907. The lowest BCUT2D eigenvalue weighted by molar-refractivity contribution is 0.0721. The van der Waals surface area contributed by atoms with Crippen LogP contribution in [0, 0.1) is 17.1 Å². The summed E-state index contributed by atoms with van der Waals surface area (Å²) in [5.74, 6) is -0.354. The van der Waals surface area contributed by atoms with Crippen LogP contribution in [0.25, 0.3) is 0 Å². The van der Waals surface area contributed by atoms with Gasteiger partial charge < -0.3 is 4.74 Å². The Morgan fingerprint density at radius 1 is 1.33 bits per heavy atom. The third-order valence-corrected chi connectivity index (χ3v) is 5.61. The highest BCUT2D eigenvalue weighted by molar-refractivity contribution is 7.89. The van der Waals surface area contributed by atoms with Gasteiger partial charge in [-0.15, -0.1) is 0 Å². The van der Waals surface area contributed by atoms with Crippen LogP contribution in [-0.4, -0.2) is 36.9 Å². The van der Waals surface area contributed by atoms with Crippen LogP contribution in [0.3, 0.4) is 0 Å². The van der Waals surface area contributed by atoms with Gasteiger partial charge in [0.2, 0.25) is 15.9 Å². The molecule has 0 unspecified atom stereocenters. The van der Waals surface area contributed by atoms with Gasteiger partial charge in [-0.3, -0.25) is 0 Å². The van der Waals surface area contributed by atoms with E-state index in [0.717, 1.165) is 12.1 Å². The SMILES string of the molecule is N#Cc1ccc(OC2CN(S(=O)(=O)c3ccc(F)c(Cl)c3)C2)nc1. The first kappa shape index (κ1) is 16.6. The van der Waals surface area contributed by atoms with Gasteiger partial charge in [-0.25, -0.2) is 17.8 Å². The topological polar surface area (TPSA) is 83.3 Å². The summed E-state index contributed by atoms with van der Waals surface area (Å²) in [5, 5.41) is 8.46. The van der Waals surface area contributed by atoms with Crippen molar-refractivity contribution in [3.05, 3.63) is 52.9 Å². The fourth-order valence-electron chi connectivity index (χ4n) is 2.14. The zero-order valence-electron chi connectivity index (χ0n) is 12.2. The molecule has 1 aliphatic rings. The summed E-state index contributed by atoms with van der Waals surface area (Å²) in [4.78, 5) is 3.90. The lowest BCUT2D eigenvalue weighted by Crippen LogP contribution is -2.56. The van der Waals surface area contributed by atoms with Gasteiger partial charge in [0.1, 0.15) is 18.0 Å². The van der Waals surface area contributed by atoms with Crippen molar-refractivity contribution >= 4 is 21.6 Å². The van der Waals surface area contributed by atoms with E-state index in [0.29, 0.717) is 11.4 Å². The number of benzene rings is 1. The third-order valence-electron chi connectivity index (χ3n) is 3.50. The van der Waals surface area contributed by atoms with Crippen molar-refractivity contribution in [2.45, 2.75) is 11.0 Å². The first-order valence-electron chi connectivity index (χ1n) is 6.88. The summed E-state index contributed by atoms with van der Waals surface area (Å²) in [7, 11) is -3.74. The van der Waals surface area contributed by atoms with Crippen LogP contribution in [0.1, 0.15) is 5.56 Å². The molecule has 0 atom stereocenters. The molecule has 0 aliphatic carbocycles. The van der Waals surface area contributed by atoms with Crippen molar-refractivity contribution in [1.82, 2.24) is 9.29 Å². The first-order valence-corrected chi connectivity index (χ1v) is 8.70. The Morgan fingerprint density at radius 2 is 2.08 bits per heavy atom. The maximum Gasteiger partial charge on any atom is 0.243 e. The fraction of sp³-hybridized carbons (Fsp3) is 0.200. The number of nitriles is 1. The number of ether oxygens (including phenoxy) is 1. The average molecular weight is 368 g/mol. The first-order chi connectivity index (χ1) is 11.4. The van der Waals surface area contributed by atoms with E-state index in [2.05, 4.69) is 4.98 Å². The van der Waals surface area contributed by atoms with Gasteiger partial charge in [-0.2, -0.15) is 9.57 Å². The van der Waals surface area contributed by atoms with Gasteiger partial charge in [-0.1, -0.05) is 11.6 Å². The van der Waals surface area contributed by atoms with Crippen LogP contribution in [0.5, 0.6) is 5.88 Å². The minimum atomic E-state index is -3.74. The van der Waals surface area contributed by atoms with Gasteiger partial charge in [-0.05, 0) is 24.3 Å². The Hall–Kier alpha value is -2.21. The van der Waals surface area contributed by atoms with Crippen molar-refractivity contribution in [3.8, 4) is 11.9 Å². The summed E-state index contributed by atoms with van der Waals surface area (Å²) in [6.07, 6.45) is 1.04. The normalized spacial score (nSPS) is 15.5. The predicted molar refractivity (Wildman–Crippen MR) is 83.5 cm³/mol. The number of hydrogen-bond donors (Lipinski definition) is 0. The van der Waals surface area contributed by atoms with Gasteiger partial charge in [0.15, 0.2) is 0 Å². The van der Waals surface area contributed by atoms with Gasteiger partial charge in [0, 0.05) is 12.3 Å². The Labute approximate surface area is 143 Å². The molecule has 0 bridgehead atoms. The zero-order valence-corrected chi connectivity index (χ0v) is 13.8. The number of halogens is 2. The van der Waals surface area contributed by atoms with Crippen LogP contribution in [-0.2, 0) is 10.0 Å². The minimum absolute atomic E-state index is 0.0659. The van der Waals surface area contributed by atoms with E-state index in [-0.39, 0.29) is 29.1 Å². The van der Waals surface area contributed by atoms with Gasteiger partial charge in [0.05, 0.1) is 28.6 Å². The number of rotatable bonds is 4. The zero-order chi connectivity index (χ0) is 17.3. The molecule has 24 heavy (non-hydrogen) atoms. The van der Waals surface area contributed by atoms with E-state index < -0.39 is 15.8 Å². The molecule has 1 aliphatic heterocycles. The molecule has 6 nitrogen and oxygen atoms in total. The van der Waals surface area contributed by atoms with Crippen LogP contribution >= 0.6 is 11.6 Å². The molecule has 1 aromatic carbocycles. The van der Waals surface area contributed by atoms with E-state index >= 15 is 0 Å². The minimum Gasteiger partial charge on any atom is -0.472 e. The van der Waals surface area contributed by atoms with Crippen molar-refractivity contribution in [1.29, 1.82) is 5.26 Å². The fourth-order valence-corrected chi connectivity index (χ4v) is 3.92. The summed E-state index contributed by atoms with van der Waals surface area (Å²) in [6, 6.07) is 8.34. The highest BCUT2D eigenvalue weighted by Gasteiger charge is 2.38. The second-order valence-corrected chi connectivity index (χ2v) is 7.48. The molecule has 1 aromatic heterocycles. The van der Waals surface area contributed by atoms with E-state index in [4.69, 9.17) is 21.6 Å². The average Bonchev–Trinajstić information content (AvgIpc) is 2.53. The molecule has 1 fully saturated rings. The number of nitrogens with zero attached hydrogens (tertiary/aromatic N) is 3. The molecule has 0 N–H and O–H groups in total. The lowest BCUT2D eigenvalue weighted by Gasteiger charge is -2.37. The van der Waals surface area contributed by atoms with Crippen LogP contribution in [0.15, 0.2) is 41.4 Å². The summed E-state index contributed by atoms with van der Waals surface area (Å²) >= 11 is 5.63. The Morgan fingerprint density at radius 3 is 2.67 bits per heavy atom.